The second-order valence-corrected chi connectivity index (χ2v) is 15.1. The molecule has 200 valence electrons. The third-order valence-corrected chi connectivity index (χ3v) is 13.3. The summed E-state index contributed by atoms with van der Waals surface area (Å²) in [5.74, 6) is 1.27. The van der Waals surface area contributed by atoms with E-state index < -0.39 is 10.8 Å². The minimum Gasteiger partial charge on any atom is -0.515 e. The van der Waals surface area contributed by atoms with E-state index >= 15 is 0 Å². The van der Waals surface area contributed by atoms with E-state index in [2.05, 4.69) is 54.5 Å². The molecule has 4 saturated carbocycles. The molecular formula is C32H48O4. The second-order valence-electron chi connectivity index (χ2n) is 15.1. The summed E-state index contributed by atoms with van der Waals surface area (Å²) in [4.78, 5) is 26.1. The highest BCUT2D eigenvalue weighted by Gasteiger charge is 2.68. The number of fused-ring (bicyclic) bond motifs is 7. The van der Waals surface area contributed by atoms with Gasteiger partial charge in [-0.25, -0.2) is 0 Å². The summed E-state index contributed by atoms with van der Waals surface area (Å²) in [6.45, 7) is 16.3. The molecule has 5 rings (SSSR count). The first kappa shape index (κ1) is 26.0. The highest BCUT2D eigenvalue weighted by molar-refractivity contribution is 6.00. The van der Waals surface area contributed by atoms with Gasteiger partial charge in [-0.1, -0.05) is 53.2 Å². The van der Waals surface area contributed by atoms with Crippen LogP contribution in [-0.2, 0) is 14.3 Å². The third kappa shape index (κ3) is 3.05. The van der Waals surface area contributed by atoms with Crippen LogP contribution < -0.4 is 0 Å². The standard InChI is InChI=1S/C32H48O4/c1-27(2)23-11-12-32(7)24(30(23,5)17-20(19-33)25(27)34)10-9-21-22-18-29(4,26(35)36-8)14-13-28(22,3)15-16-31(21,32)6/h9,19,22-24,33H,10-18H2,1-8H3/b20-19+/t22-,23-,24+,28+,29-,30-,31+,32+/m0/s1. The molecule has 0 aromatic carbocycles. The van der Waals surface area contributed by atoms with E-state index in [0.29, 0.717) is 29.7 Å². The zero-order chi connectivity index (χ0) is 26.5. The summed E-state index contributed by atoms with van der Waals surface area (Å²) >= 11 is 0. The summed E-state index contributed by atoms with van der Waals surface area (Å²) in [5, 5.41) is 10.0. The van der Waals surface area contributed by atoms with Crippen LogP contribution in [0.3, 0.4) is 0 Å². The number of carbonyl (C=O) groups is 2. The van der Waals surface area contributed by atoms with Crippen LogP contribution in [0.4, 0.5) is 0 Å². The number of Topliss-reactive ketones (excluding diaryl/α,β-unsaturated/α-hetero) is 1. The van der Waals surface area contributed by atoms with E-state index in [1.165, 1.54) is 20.0 Å². The van der Waals surface area contributed by atoms with Gasteiger partial charge in [0, 0.05) is 11.0 Å². The van der Waals surface area contributed by atoms with E-state index in [-0.39, 0.29) is 33.4 Å². The molecule has 0 amide bonds. The van der Waals surface area contributed by atoms with E-state index in [1.807, 2.05) is 0 Å². The van der Waals surface area contributed by atoms with Gasteiger partial charge in [-0.15, -0.1) is 0 Å². The molecular weight excluding hydrogens is 448 g/mol. The summed E-state index contributed by atoms with van der Waals surface area (Å²) in [5.41, 5.74) is 1.78. The Morgan fingerprint density at radius 1 is 1.00 bits per heavy atom. The Labute approximate surface area is 218 Å². The first-order chi connectivity index (χ1) is 16.6. The number of esters is 1. The van der Waals surface area contributed by atoms with Crippen LogP contribution in [-0.4, -0.2) is 24.0 Å². The van der Waals surface area contributed by atoms with Crippen LogP contribution in [0.5, 0.6) is 0 Å². The van der Waals surface area contributed by atoms with Gasteiger partial charge in [-0.3, -0.25) is 9.59 Å². The third-order valence-electron chi connectivity index (χ3n) is 13.3. The van der Waals surface area contributed by atoms with E-state index in [4.69, 9.17) is 4.74 Å². The molecule has 4 heteroatoms. The lowest BCUT2D eigenvalue weighted by atomic mass is 9.33. The molecule has 0 aromatic heterocycles. The van der Waals surface area contributed by atoms with Gasteiger partial charge in [-0.05, 0) is 104 Å². The lowest BCUT2D eigenvalue weighted by Gasteiger charge is -2.70. The Hall–Kier alpha value is -1.58. The maximum atomic E-state index is 13.3. The van der Waals surface area contributed by atoms with Crippen LogP contribution >= 0.6 is 0 Å². The number of rotatable bonds is 1. The van der Waals surface area contributed by atoms with Crippen LogP contribution in [0.15, 0.2) is 23.5 Å². The van der Waals surface area contributed by atoms with Crippen molar-refractivity contribution >= 4 is 11.8 Å². The van der Waals surface area contributed by atoms with E-state index in [1.54, 1.807) is 5.57 Å². The molecule has 0 radical (unpaired) electrons. The molecule has 0 bridgehead atoms. The van der Waals surface area contributed by atoms with Gasteiger partial charge in [0.1, 0.15) is 0 Å². The normalized spacial score (nSPS) is 50.8. The number of ketones is 1. The highest BCUT2D eigenvalue weighted by atomic mass is 16.5. The molecule has 5 aliphatic carbocycles. The molecule has 0 heterocycles. The number of allylic oxidation sites excluding steroid dienone is 3. The van der Waals surface area contributed by atoms with Crippen molar-refractivity contribution in [1.82, 2.24) is 0 Å². The maximum absolute atomic E-state index is 13.3. The molecule has 0 saturated heterocycles. The number of carbonyl (C=O) groups excluding carboxylic acids is 2. The smallest absolute Gasteiger partial charge is 0.311 e. The minimum atomic E-state index is -0.454. The highest BCUT2D eigenvalue weighted by Crippen LogP contribution is 2.75. The fourth-order valence-electron chi connectivity index (χ4n) is 10.8. The molecule has 1 N–H and O–H groups in total. The van der Waals surface area contributed by atoms with E-state index in [0.717, 1.165) is 44.8 Å². The fourth-order valence-corrected chi connectivity index (χ4v) is 10.8. The number of aliphatic hydroxyl groups is 1. The van der Waals surface area contributed by atoms with Crippen molar-refractivity contribution < 1.29 is 19.4 Å². The van der Waals surface area contributed by atoms with Crippen molar-refractivity contribution in [2.75, 3.05) is 7.11 Å². The molecule has 36 heavy (non-hydrogen) atoms. The zero-order valence-corrected chi connectivity index (χ0v) is 23.9. The number of aliphatic hydroxyl groups excluding tert-OH is 1. The SMILES string of the molecule is COC(=O)[C@@]1(C)CC[C@]2(C)CC[C@]3(C)C(=CC[C@@H]4[C@@]5(C)C/C(=C\O)C(=O)C(C)(C)[C@@H]5CC[C@]43C)[C@@H]2C1. The van der Waals surface area contributed by atoms with Gasteiger partial charge >= 0.3 is 5.97 Å². The minimum absolute atomic E-state index is 0.0299. The average Bonchev–Trinajstić information content (AvgIpc) is 2.82. The van der Waals surface area contributed by atoms with Gasteiger partial charge in [0.05, 0.1) is 18.8 Å². The van der Waals surface area contributed by atoms with Crippen LogP contribution in [0.25, 0.3) is 0 Å². The predicted octanol–water partition coefficient (Wildman–Crippen LogP) is 7.58. The quantitative estimate of drug-likeness (QED) is 0.176. The van der Waals surface area contributed by atoms with Crippen LogP contribution in [0, 0.1) is 50.2 Å². The monoisotopic (exact) mass is 496 g/mol. The van der Waals surface area contributed by atoms with Gasteiger partial charge in [-0.2, -0.15) is 0 Å². The Balaban J connectivity index is 1.59. The molecule has 4 nitrogen and oxygen atoms in total. The topological polar surface area (TPSA) is 63.6 Å². The molecule has 0 spiro atoms. The van der Waals surface area contributed by atoms with Crippen molar-refractivity contribution in [3.05, 3.63) is 23.5 Å². The Morgan fingerprint density at radius 3 is 2.31 bits per heavy atom. The fraction of sp³-hybridized carbons (Fsp3) is 0.812. The summed E-state index contributed by atoms with van der Waals surface area (Å²) in [7, 11) is 1.53. The predicted molar refractivity (Wildman–Crippen MR) is 142 cm³/mol. The average molecular weight is 497 g/mol. The molecule has 8 atom stereocenters. The van der Waals surface area contributed by atoms with Gasteiger partial charge in [0.2, 0.25) is 0 Å². The van der Waals surface area contributed by atoms with Gasteiger partial charge < -0.3 is 9.84 Å². The summed E-state index contributed by atoms with van der Waals surface area (Å²) < 4.78 is 5.28. The molecule has 0 unspecified atom stereocenters. The van der Waals surface area contributed by atoms with E-state index in [9.17, 15) is 14.7 Å². The lowest BCUT2D eigenvalue weighted by Crippen LogP contribution is -2.64. The van der Waals surface area contributed by atoms with Gasteiger partial charge in [0.15, 0.2) is 5.78 Å². The van der Waals surface area contributed by atoms with Gasteiger partial charge in [0.25, 0.3) is 0 Å². The second kappa shape index (κ2) is 7.73. The lowest BCUT2D eigenvalue weighted by molar-refractivity contribution is -0.179. The Bertz CT molecular complexity index is 1050. The van der Waals surface area contributed by atoms with Crippen molar-refractivity contribution in [1.29, 1.82) is 0 Å². The number of hydrogen-bond donors (Lipinski definition) is 1. The van der Waals surface area contributed by atoms with Crippen LogP contribution in [0.1, 0.15) is 106 Å². The first-order valence-corrected chi connectivity index (χ1v) is 14.3. The number of hydrogen-bond acceptors (Lipinski definition) is 4. The molecule has 4 fully saturated rings. The number of ether oxygens (including phenoxy) is 1. The summed E-state index contributed by atoms with van der Waals surface area (Å²) in [6.07, 6.45) is 12.9. The number of methoxy groups -OCH3 is 1. The molecule has 0 aromatic rings. The van der Waals surface area contributed by atoms with Crippen molar-refractivity contribution in [3.8, 4) is 0 Å². The van der Waals surface area contributed by atoms with Crippen LogP contribution in [0.2, 0.25) is 0 Å². The maximum Gasteiger partial charge on any atom is 0.311 e. The first-order valence-electron chi connectivity index (χ1n) is 14.3. The Kier molecular flexibility index (Phi) is 5.59. The van der Waals surface area contributed by atoms with Crippen molar-refractivity contribution in [3.63, 3.8) is 0 Å². The molecule has 0 aliphatic heterocycles. The summed E-state index contributed by atoms with van der Waals surface area (Å²) in [6, 6.07) is 0. The Morgan fingerprint density at radius 2 is 1.67 bits per heavy atom. The largest absolute Gasteiger partial charge is 0.515 e. The molecule has 5 aliphatic rings. The van der Waals surface area contributed by atoms with Crippen molar-refractivity contribution in [2.24, 2.45) is 50.2 Å². The zero-order valence-electron chi connectivity index (χ0n) is 23.9. The van der Waals surface area contributed by atoms with Crippen molar-refractivity contribution in [2.45, 2.75) is 106 Å².